The van der Waals surface area contributed by atoms with E-state index in [-0.39, 0.29) is 12.4 Å². The molecule has 1 aliphatic rings. The maximum atomic E-state index is 12.0. The number of nitrogens with zero attached hydrogens (tertiary/aromatic N) is 2. The predicted octanol–water partition coefficient (Wildman–Crippen LogP) is 0.146. The molecular weight excluding hydrogens is 250 g/mol. The van der Waals surface area contributed by atoms with Crippen LogP contribution in [0.25, 0.3) is 0 Å². The Kier molecular flexibility index (Phi) is 6.81. The Labute approximate surface area is 105 Å². The molecule has 0 bridgehead atoms. The van der Waals surface area contributed by atoms with Crippen molar-refractivity contribution in [3.63, 3.8) is 0 Å². The molecule has 1 unspecified atom stereocenters. The summed E-state index contributed by atoms with van der Waals surface area (Å²) in [7, 11) is 0.235. The Morgan fingerprint density at radius 1 is 1.50 bits per heavy atom. The maximum absolute atomic E-state index is 12.0. The third-order valence-corrected chi connectivity index (χ3v) is 4.74. The Balaban J connectivity index is 0.00000225. The molecule has 1 fully saturated rings. The minimum Gasteiger partial charge on any atom is -0.318 e. The van der Waals surface area contributed by atoms with Crippen LogP contribution in [0.1, 0.15) is 13.3 Å². The van der Waals surface area contributed by atoms with Crippen molar-refractivity contribution in [2.24, 2.45) is 5.92 Å². The molecule has 0 saturated carbocycles. The molecule has 0 amide bonds. The highest BCUT2D eigenvalue weighted by molar-refractivity contribution is 7.86. The fourth-order valence-corrected chi connectivity index (χ4v) is 3.18. The van der Waals surface area contributed by atoms with Gasteiger partial charge in [-0.15, -0.1) is 12.4 Å². The lowest BCUT2D eigenvalue weighted by molar-refractivity contribution is 0.388. The van der Waals surface area contributed by atoms with Crippen molar-refractivity contribution in [1.29, 1.82) is 0 Å². The summed E-state index contributed by atoms with van der Waals surface area (Å²) in [6.45, 7) is 4.60. The number of halogens is 1. The van der Waals surface area contributed by atoms with Crippen molar-refractivity contribution in [2.45, 2.75) is 13.3 Å². The highest BCUT2D eigenvalue weighted by Gasteiger charge is 2.31. The predicted molar refractivity (Wildman–Crippen MR) is 68.1 cm³/mol. The number of nitrogens with one attached hydrogen (secondary N) is 1. The van der Waals surface area contributed by atoms with Crippen LogP contribution < -0.4 is 5.32 Å². The first-order valence-electron chi connectivity index (χ1n) is 5.34. The molecule has 7 heteroatoms. The summed E-state index contributed by atoms with van der Waals surface area (Å²) in [6.07, 6.45) is 0.971. The Morgan fingerprint density at radius 2 is 2.12 bits per heavy atom. The van der Waals surface area contributed by atoms with Gasteiger partial charge in [0.25, 0.3) is 10.2 Å². The molecule has 1 saturated heterocycles. The zero-order chi connectivity index (χ0) is 11.5. The fourth-order valence-electron chi connectivity index (χ4n) is 1.69. The van der Waals surface area contributed by atoms with Crippen molar-refractivity contribution in [1.82, 2.24) is 13.9 Å². The van der Waals surface area contributed by atoms with Crippen molar-refractivity contribution >= 4 is 22.6 Å². The first-order valence-corrected chi connectivity index (χ1v) is 6.74. The fraction of sp³-hybridized carbons (Fsp3) is 1.00. The molecule has 0 aromatic carbocycles. The van der Waals surface area contributed by atoms with E-state index < -0.39 is 10.2 Å². The normalized spacial score (nSPS) is 22.4. The van der Waals surface area contributed by atoms with Gasteiger partial charge in [0, 0.05) is 33.2 Å². The van der Waals surface area contributed by atoms with Crippen LogP contribution >= 0.6 is 12.4 Å². The van der Waals surface area contributed by atoms with E-state index in [1.165, 1.54) is 4.31 Å². The molecule has 98 valence electrons. The lowest BCUT2D eigenvalue weighted by Crippen LogP contribution is -2.42. The van der Waals surface area contributed by atoms with Crippen LogP contribution in [0.15, 0.2) is 0 Å². The van der Waals surface area contributed by atoms with Crippen molar-refractivity contribution in [3.8, 4) is 0 Å². The molecule has 1 heterocycles. The molecule has 0 aromatic heterocycles. The van der Waals surface area contributed by atoms with E-state index in [1.54, 1.807) is 11.4 Å². The standard InChI is InChI=1S/C9H21N3O2S.ClH/c1-9-4-6-12(8-9)15(13,14)11(3)7-5-10-2;/h9-10H,4-8H2,1-3H3;1H. The Bertz CT molecular complexity index is 297. The topological polar surface area (TPSA) is 52.7 Å². The van der Waals surface area contributed by atoms with Crippen LogP contribution in [-0.4, -0.2) is 57.3 Å². The second-order valence-corrected chi connectivity index (χ2v) is 6.22. The Hall–Kier alpha value is 0.120. The largest absolute Gasteiger partial charge is 0.318 e. The summed E-state index contributed by atoms with van der Waals surface area (Å²) in [5.74, 6) is 0.484. The van der Waals surface area contributed by atoms with Gasteiger partial charge in [-0.1, -0.05) is 6.92 Å². The van der Waals surface area contributed by atoms with Gasteiger partial charge in [-0.25, -0.2) is 0 Å². The van der Waals surface area contributed by atoms with Gasteiger partial charge >= 0.3 is 0 Å². The van der Waals surface area contributed by atoms with Gasteiger partial charge in [0.05, 0.1) is 0 Å². The lowest BCUT2D eigenvalue weighted by Gasteiger charge is -2.23. The molecule has 0 aliphatic carbocycles. The van der Waals surface area contributed by atoms with Crippen LogP contribution in [0.3, 0.4) is 0 Å². The van der Waals surface area contributed by atoms with Crippen LogP contribution in [-0.2, 0) is 10.2 Å². The summed E-state index contributed by atoms with van der Waals surface area (Å²) >= 11 is 0. The summed E-state index contributed by atoms with van der Waals surface area (Å²) in [5.41, 5.74) is 0. The second-order valence-electron chi connectivity index (χ2n) is 4.18. The van der Waals surface area contributed by atoms with Gasteiger partial charge in [0.1, 0.15) is 0 Å². The highest BCUT2D eigenvalue weighted by atomic mass is 35.5. The van der Waals surface area contributed by atoms with Gasteiger partial charge < -0.3 is 5.32 Å². The molecule has 0 aromatic rings. The zero-order valence-corrected chi connectivity index (χ0v) is 11.8. The van der Waals surface area contributed by atoms with Crippen molar-refractivity contribution in [2.75, 3.05) is 40.3 Å². The van der Waals surface area contributed by atoms with E-state index in [4.69, 9.17) is 0 Å². The van der Waals surface area contributed by atoms with E-state index in [0.717, 1.165) is 6.42 Å². The summed E-state index contributed by atoms with van der Waals surface area (Å²) in [5, 5.41) is 2.95. The number of hydrogen-bond acceptors (Lipinski definition) is 3. The third-order valence-electron chi connectivity index (χ3n) is 2.78. The highest BCUT2D eigenvalue weighted by Crippen LogP contribution is 2.19. The first kappa shape index (κ1) is 16.1. The van der Waals surface area contributed by atoms with Gasteiger partial charge in [-0.05, 0) is 19.4 Å². The molecule has 0 radical (unpaired) electrons. The number of likely N-dealkylation sites (N-methyl/N-ethyl adjacent to an activating group) is 2. The average molecular weight is 272 g/mol. The summed E-state index contributed by atoms with van der Waals surface area (Å²) in [4.78, 5) is 0. The molecule has 1 N–H and O–H groups in total. The minimum atomic E-state index is -3.22. The smallest absolute Gasteiger partial charge is 0.281 e. The molecular formula is C9H22ClN3O2S. The third kappa shape index (κ3) is 3.85. The van der Waals surface area contributed by atoms with Crippen molar-refractivity contribution < 1.29 is 8.42 Å². The lowest BCUT2D eigenvalue weighted by atomic mass is 10.2. The number of rotatable bonds is 5. The second kappa shape index (κ2) is 6.76. The van der Waals surface area contributed by atoms with Crippen LogP contribution in [0.2, 0.25) is 0 Å². The van der Waals surface area contributed by atoms with Gasteiger partial charge in [0.2, 0.25) is 0 Å². The molecule has 16 heavy (non-hydrogen) atoms. The van der Waals surface area contributed by atoms with Gasteiger partial charge in [0.15, 0.2) is 0 Å². The van der Waals surface area contributed by atoms with Crippen LogP contribution in [0.5, 0.6) is 0 Å². The molecule has 1 rings (SSSR count). The first-order chi connectivity index (χ1) is 6.98. The van der Waals surface area contributed by atoms with E-state index >= 15 is 0 Å². The van der Waals surface area contributed by atoms with Gasteiger partial charge in [-0.3, -0.25) is 0 Å². The quantitative estimate of drug-likeness (QED) is 0.774. The van der Waals surface area contributed by atoms with Crippen LogP contribution in [0.4, 0.5) is 0 Å². The van der Waals surface area contributed by atoms with Crippen LogP contribution in [0, 0.1) is 5.92 Å². The molecule has 5 nitrogen and oxygen atoms in total. The van der Waals surface area contributed by atoms with E-state index in [2.05, 4.69) is 12.2 Å². The monoisotopic (exact) mass is 271 g/mol. The van der Waals surface area contributed by atoms with E-state index in [0.29, 0.717) is 32.1 Å². The molecule has 0 spiro atoms. The Morgan fingerprint density at radius 3 is 2.56 bits per heavy atom. The maximum Gasteiger partial charge on any atom is 0.281 e. The summed E-state index contributed by atoms with van der Waals surface area (Å²) in [6, 6.07) is 0. The minimum absolute atomic E-state index is 0. The molecule has 1 atom stereocenters. The van der Waals surface area contributed by atoms with Crippen molar-refractivity contribution in [3.05, 3.63) is 0 Å². The van der Waals surface area contributed by atoms with Gasteiger partial charge in [-0.2, -0.15) is 17.0 Å². The zero-order valence-electron chi connectivity index (χ0n) is 10.1. The van der Waals surface area contributed by atoms with E-state index in [1.807, 2.05) is 7.05 Å². The number of hydrogen-bond donors (Lipinski definition) is 1. The average Bonchev–Trinajstić information content (AvgIpc) is 2.61. The molecule has 1 aliphatic heterocycles. The SMILES string of the molecule is CNCCN(C)S(=O)(=O)N1CCC(C)C1.Cl. The summed E-state index contributed by atoms with van der Waals surface area (Å²) < 4.78 is 27.0. The van der Waals surface area contributed by atoms with E-state index in [9.17, 15) is 8.42 Å².